The average Bonchev–Trinajstić information content (AvgIpc) is 3.89. The molecule has 0 spiro atoms. The lowest BCUT2D eigenvalue weighted by Gasteiger charge is -2.30. The molecule has 0 saturated carbocycles. The van der Waals surface area contributed by atoms with Crippen molar-refractivity contribution in [1.82, 2.24) is 0 Å². The molecule has 2 aliphatic rings. The van der Waals surface area contributed by atoms with Crippen LogP contribution in [0, 0.1) is 0 Å². The summed E-state index contributed by atoms with van der Waals surface area (Å²) in [5, 5.41) is 7.16. The van der Waals surface area contributed by atoms with Crippen LogP contribution in [0.25, 0.3) is 76.9 Å². The smallest absolute Gasteiger partial charge is 0.159 e. The third kappa shape index (κ3) is 6.15. The summed E-state index contributed by atoms with van der Waals surface area (Å²) in [5.41, 5.74) is 18.4. The summed E-state index contributed by atoms with van der Waals surface area (Å²) in [4.78, 5) is 7.33. The number of hydrogen-bond donors (Lipinski definition) is 0. The van der Waals surface area contributed by atoms with Crippen LogP contribution in [0.3, 0.4) is 0 Å². The van der Waals surface area contributed by atoms with Crippen LogP contribution in [0.15, 0.2) is 245 Å². The lowest BCUT2D eigenvalue weighted by atomic mass is 9.82. The largest absolute Gasteiger partial charge is 0.454 e. The van der Waals surface area contributed by atoms with Crippen LogP contribution in [0.4, 0.5) is 34.1 Å². The molecule has 0 N–H and O–H groups in total. The average molecular weight is 901 g/mol. The molecule has 0 saturated heterocycles. The van der Waals surface area contributed by atoms with E-state index < -0.39 is 0 Å². The van der Waals surface area contributed by atoms with Crippen molar-refractivity contribution in [3.63, 3.8) is 0 Å². The Balaban J connectivity index is 0.919. The van der Waals surface area contributed by atoms with Crippen molar-refractivity contribution in [3.8, 4) is 33.4 Å². The van der Waals surface area contributed by atoms with Crippen molar-refractivity contribution < 1.29 is 4.42 Å². The van der Waals surface area contributed by atoms with E-state index in [0.29, 0.717) is 0 Å². The second-order valence-corrected chi connectivity index (χ2v) is 19.9. The van der Waals surface area contributed by atoms with E-state index in [1.807, 2.05) is 17.8 Å². The van der Waals surface area contributed by atoms with E-state index in [2.05, 4.69) is 248 Å². The Morgan fingerprint density at radius 3 is 1.88 bits per heavy atom. The summed E-state index contributed by atoms with van der Waals surface area (Å²) in [5.74, 6) is 0. The van der Waals surface area contributed by atoms with Crippen molar-refractivity contribution in [1.29, 1.82) is 0 Å². The SMILES string of the molecule is CC1(C)c2ccccc2-c2ccc(N(c3ccccc3)c3ccc4c(c3)Sc3cccc5c3c-4cc3ccc(N(c4ccccc4-c4ccccc4)c4cccc6c4oc4ccccc46)cc35)cc21. The van der Waals surface area contributed by atoms with E-state index >= 15 is 0 Å². The van der Waals surface area contributed by atoms with Crippen molar-refractivity contribution in [2.75, 3.05) is 9.80 Å². The molecule has 14 rings (SSSR count). The van der Waals surface area contributed by atoms with Crippen LogP contribution >= 0.6 is 11.8 Å². The van der Waals surface area contributed by atoms with E-state index in [-0.39, 0.29) is 5.41 Å². The van der Waals surface area contributed by atoms with E-state index in [1.165, 1.54) is 64.7 Å². The van der Waals surface area contributed by atoms with E-state index in [9.17, 15) is 0 Å². The predicted octanol–water partition coefficient (Wildman–Crippen LogP) is 18.9. The maximum atomic E-state index is 6.76. The van der Waals surface area contributed by atoms with Gasteiger partial charge in [0.1, 0.15) is 5.58 Å². The van der Waals surface area contributed by atoms with Gasteiger partial charge in [-0.3, -0.25) is 0 Å². The van der Waals surface area contributed by atoms with Crippen LogP contribution in [-0.2, 0) is 5.41 Å². The fraction of sp³-hybridized carbons (Fsp3) is 0.0462. The van der Waals surface area contributed by atoms with Gasteiger partial charge in [0.2, 0.25) is 0 Å². The maximum absolute atomic E-state index is 6.76. The van der Waals surface area contributed by atoms with Gasteiger partial charge in [-0.15, -0.1) is 0 Å². The first-order chi connectivity index (χ1) is 34.0. The van der Waals surface area contributed by atoms with Gasteiger partial charge in [0.15, 0.2) is 5.58 Å². The van der Waals surface area contributed by atoms with E-state index in [4.69, 9.17) is 4.42 Å². The molecule has 0 radical (unpaired) electrons. The molecule has 1 aromatic heterocycles. The van der Waals surface area contributed by atoms with Gasteiger partial charge in [-0.1, -0.05) is 177 Å². The Hall–Kier alpha value is -8.31. The zero-order valence-electron chi connectivity index (χ0n) is 38.2. The minimum absolute atomic E-state index is 0.102. The summed E-state index contributed by atoms with van der Waals surface area (Å²) < 4.78 is 6.76. The molecular formula is C65H44N2OS. The quantitative estimate of drug-likeness (QED) is 0.148. The molecule has 69 heavy (non-hydrogen) atoms. The molecule has 1 aliphatic carbocycles. The summed E-state index contributed by atoms with van der Waals surface area (Å²) in [6.07, 6.45) is 0. The number of rotatable bonds is 7. The van der Waals surface area contributed by atoms with Gasteiger partial charge in [-0.2, -0.15) is 0 Å². The molecule has 0 unspecified atom stereocenters. The Kier molecular flexibility index (Phi) is 8.87. The normalized spacial score (nSPS) is 13.1. The molecule has 0 atom stereocenters. The molecule has 3 nitrogen and oxygen atoms in total. The molecule has 0 bridgehead atoms. The highest BCUT2D eigenvalue weighted by Crippen LogP contribution is 2.54. The zero-order valence-corrected chi connectivity index (χ0v) is 39.0. The second kappa shape index (κ2) is 15.4. The summed E-state index contributed by atoms with van der Waals surface area (Å²) in [6, 6.07) is 84.3. The van der Waals surface area contributed by atoms with Crippen molar-refractivity contribution in [3.05, 3.63) is 242 Å². The van der Waals surface area contributed by atoms with E-state index in [1.54, 1.807) is 0 Å². The monoisotopic (exact) mass is 900 g/mol. The topological polar surface area (TPSA) is 19.6 Å². The van der Waals surface area contributed by atoms with Gasteiger partial charge in [-0.25, -0.2) is 0 Å². The Morgan fingerprint density at radius 1 is 0.377 bits per heavy atom. The fourth-order valence-corrected chi connectivity index (χ4v) is 12.6. The highest BCUT2D eigenvalue weighted by atomic mass is 32.2. The first-order valence-electron chi connectivity index (χ1n) is 23.7. The standard InChI is InChI=1S/C65H44N2OS/c1-65(2)56-26-12-9-22-48(56)49-35-33-45(39-57(49)65)66(43-19-7-4-8-20-43)46-34-36-51-55-37-42-31-32-44(38-54(42)52-24-16-30-61(63(52)55)69-62(51)40-46)67(58-27-13-10-21-47(58)41-17-5-3-6-18-41)59-28-15-25-53-50-23-11-14-29-60(50)68-64(53)59/h3-40H,1-2H3. The Bertz CT molecular complexity index is 4040. The maximum Gasteiger partial charge on any atom is 0.159 e. The molecule has 4 heteroatoms. The number of anilines is 6. The predicted molar refractivity (Wildman–Crippen MR) is 291 cm³/mol. The van der Waals surface area contributed by atoms with Gasteiger partial charge in [-0.05, 0) is 134 Å². The minimum Gasteiger partial charge on any atom is -0.454 e. The van der Waals surface area contributed by atoms with Crippen LogP contribution in [0.5, 0.6) is 0 Å². The lowest BCUT2D eigenvalue weighted by Crippen LogP contribution is -2.16. The van der Waals surface area contributed by atoms with Crippen LogP contribution < -0.4 is 9.80 Å². The summed E-state index contributed by atoms with van der Waals surface area (Å²) in [7, 11) is 0. The summed E-state index contributed by atoms with van der Waals surface area (Å²) >= 11 is 1.87. The second-order valence-electron chi connectivity index (χ2n) is 18.8. The molecule has 0 amide bonds. The lowest BCUT2D eigenvalue weighted by molar-refractivity contribution is 0.660. The molecule has 11 aromatic carbocycles. The third-order valence-corrected chi connectivity index (χ3v) is 15.7. The number of benzene rings is 11. The number of hydrogen-bond acceptors (Lipinski definition) is 4. The van der Waals surface area contributed by atoms with Crippen LogP contribution in [0.2, 0.25) is 0 Å². The third-order valence-electron chi connectivity index (χ3n) is 14.6. The van der Waals surface area contributed by atoms with Gasteiger partial charge >= 0.3 is 0 Å². The van der Waals surface area contributed by atoms with Crippen LogP contribution in [0.1, 0.15) is 25.0 Å². The number of para-hydroxylation sites is 4. The van der Waals surface area contributed by atoms with Gasteiger partial charge in [0, 0.05) is 59.7 Å². The highest BCUT2D eigenvalue weighted by molar-refractivity contribution is 7.99. The molecule has 1 aliphatic heterocycles. The molecule has 0 fully saturated rings. The molecule has 2 heterocycles. The van der Waals surface area contributed by atoms with E-state index in [0.717, 1.165) is 67.2 Å². The van der Waals surface area contributed by atoms with Crippen molar-refractivity contribution in [2.24, 2.45) is 0 Å². The van der Waals surface area contributed by atoms with Gasteiger partial charge < -0.3 is 14.2 Å². The fourth-order valence-electron chi connectivity index (χ4n) is 11.4. The number of fused-ring (bicyclic) bond motifs is 10. The molecule has 326 valence electrons. The zero-order chi connectivity index (χ0) is 45.8. The summed E-state index contributed by atoms with van der Waals surface area (Å²) in [6.45, 7) is 4.71. The Labute approximate surface area is 405 Å². The van der Waals surface area contributed by atoms with Crippen molar-refractivity contribution in [2.45, 2.75) is 29.1 Å². The number of furan rings is 1. The Morgan fingerprint density at radius 2 is 1.01 bits per heavy atom. The van der Waals surface area contributed by atoms with Crippen molar-refractivity contribution >= 4 is 89.4 Å². The van der Waals surface area contributed by atoms with Gasteiger partial charge in [0.05, 0.1) is 11.4 Å². The van der Waals surface area contributed by atoms with Crippen LogP contribution in [-0.4, -0.2) is 0 Å². The number of nitrogens with zero attached hydrogens (tertiary/aromatic N) is 2. The first kappa shape index (κ1) is 39.8. The minimum atomic E-state index is -0.102. The van der Waals surface area contributed by atoms with Gasteiger partial charge in [0.25, 0.3) is 0 Å². The first-order valence-corrected chi connectivity index (χ1v) is 24.6. The molecule has 12 aromatic rings. The highest BCUT2D eigenvalue weighted by Gasteiger charge is 2.36. The molecular weight excluding hydrogens is 857 g/mol.